The Balaban J connectivity index is 1.99. The lowest BCUT2D eigenvalue weighted by atomic mass is 10.1. The summed E-state index contributed by atoms with van der Waals surface area (Å²) < 4.78 is 0.978. The summed E-state index contributed by atoms with van der Waals surface area (Å²) in [5.74, 6) is -0.612. The molecule has 0 spiro atoms. The summed E-state index contributed by atoms with van der Waals surface area (Å²) in [7, 11) is 0. The number of carbonyl (C=O) groups excluding carboxylic acids is 1. The highest BCUT2D eigenvalue weighted by Gasteiger charge is 2.21. The van der Waals surface area contributed by atoms with Gasteiger partial charge in [-0.25, -0.2) is 4.98 Å². The van der Waals surface area contributed by atoms with E-state index in [2.05, 4.69) is 10.3 Å². The number of carbonyl (C=O) groups is 1. The maximum Gasteiger partial charge on any atom is 0.282 e. The number of fused-ring (bicyclic) bond motifs is 1. The first-order valence-electron chi connectivity index (χ1n) is 6.99. The molecule has 1 amide bonds. The van der Waals surface area contributed by atoms with Crippen molar-refractivity contribution >= 4 is 49.9 Å². The number of nitro groups is 1. The Labute approximate surface area is 146 Å². The highest BCUT2D eigenvalue weighted by Crippen LogP contribution is 2.32. The van der Waals surface area contributed by atoms with Crippen LogP contribution in [0, 0.1) is 24.0 Å². The van der Waals surface area contributed by atoms with Crippen molar-refractivity contribution in [1.82, 2.24) is 4.98 Å². The minimum absolute atomic E-state index is 0.0970. The van der Waals surface area contributed by atoms with Crippen LogP contribution in [0.3, 0.4) is 0 Å². The smallest absolute Gasteiger partial charge is 0.282 e. The second-order valence-electron chi connectivity index (χ2n) is 5.27. The van der Waals surface area contributed by atoms with Crippen molar-refractivity contribution < 1.29 is 9.72 Å². The van der Waals surface area contributed by atoms with Gasteiger partial charge in [-0.2, -0.15) is 0 Å². The maximum absolute atomic E-state index is 12.4. The van der Waals surface area contributed by atoms with Crippen LogP contribution in [-0.4, -0.2) is 15.8 Å². The number of hydrogen-bond donors (Lipinski definition) is 1. The van der Waals surface area contributed by atoms with E-state index in [4.69, 9.17) is 11.6 Å². The number of benzene rings is 2. The first-order valence-corrected chi connectivity index (χ1v) is 8.18. The van der Waals surface area contributed by atoms with E-state index in [0.29, 0.717) is 5.13 Å². The first kappa shape index (κ1) is 16.4. The number of nitrogens with one attached hydrogen (secondary N) is 1. The van der Waals surface area contributed by atoms with Crippen LogP contribution < -0.4 is 5.32 Å². The molecule has 0 fully saturated rings. The van der Waals surface area contributed by atoms with Gasteiger partial charge in [-0.1, -0.05) is 35.1 Å². The summed E-state index contributed by atoms with van der Waals surface area (Å²) in [6.07, 6.45) is 0. The largest absolute Gasteiger partial charge is 0.298 e. The van der Waals surface area contributed by atoms with Crippen molar-refractivity contribution in [3.8, 4) is 0 Å². The first-order chi connectivity index (χ1) is 11.4. The predicted octanol–water partition coefficient (Wildman–Crippen LogP) is 4.73. The van der Waals surface area contributed by atoms with Crippen LogP contribution in [0.5, 0.6) is 0 Å². The van der Waals surface area contributed by atoms with Crippen molar-refractivity contribution in [1.29, 1.82) is 0 Å². The van der Waals surface area contributed by atoms with Gasteiger partial charge >= 0.3 is 0 Å². The molecule has 3 rings (SSSR count). The standard InChI is InChI=1S/C16H12ClN3O3S/c1-8-3-4-9(2)14-13(8)18-16(24-14)19-15(21)11-7-10(17)5-6-12(11)20(22)23/h3-7H,1-2H3,(H,18,19,21). The molecule has 0 aliphatic rings. The van der Waals surface area contributed by atoms with Crippen LogP contribution in [0.4, 0.5) is 10.8 Å². The fourth-order valence-electron chi connectivity index (χ4n) is 2.33. The van der Waals surface area contributed by atoms with Crippen LogP contribution in [0.2, 0.25) is 5.02 Å². The number of aromatic nitrogens is 1. The lowest BCUT2D eigenvalue weighted by Crippen LogP contribution is -2.13. The van der Waals surface area contributed by atoms with Crippen molar-refractivity contribution in [2.24, 2.45) is 0 Å². The van der Waals surface area contributed by atoms with Crippen molar-refractivity contribution in [3.63, 3.8) is 0 Å². The second kappa shape index (κ2) is 6.18. The molecule has 0 radical (unpaired) electrons. The van der Waals surface area contributed by atoms with Gasteiger partial charge in [-0.15, -0.1) is 0 Å². The van der Waals surface area contributed by atoms with Gasteiger partial charge in [-0.05, 0) is 37.1 Å². The quantitative estimate of drug-likeness (QED) is 0.540. The molecule has 1 aromatic heterocycles. The van der Waals surface area contributed by atoms with Gasteiger partial charge < -0.3 is 0 Å². The maximum atomic E-state index is 12.4. The Kier molecular flexibility index (Phi) is 4.21. The van der Waals surface area contributed by atoms with E-state index in [0.717, 1.165) is 21.3 Å². The lowest BCUT2D eigenvalue weighted by molar-refractivity contribution is -0.385. The number of aryl methyl sites for hydroxylation is 2. The van der Waals surface area contributed by atoms with Gasteiger partial charge in [0.1, 0.15) is 5.56 Å². The molecule has 0 saturated heterocycles. The third-order valence-electron chi connectivity index (χ3n) is 3.56. The van der Waals surface area contributed by atoms with E-state index in [1.165, 1.54) is 29.5 Å². The summed E-state index contributed by atoms with van der Waals surface area (Å²) >= 11 is 7.19. The Morgan fingerprint density at radius 1 is 1.25 bits per heavy atom. The molecule has 1 N–H and O–H groups in total. The van der Waals surface area contributed by atoms with Gasteiger partial charge in [0.2, 0.25) is 0 Å². The van der Waals surface area contributed by atoms with Crippen LogP contribution >= 0.6 is 22.9 Å². The third kappa shape index (κ3) is 2.95. The Morgan fingerprint density at radius 3 is 2.62 bits per heavy atom. The van der Waals surface area contributed by atoms with Gasteiger partial charge in [0.15, 0.2) is 5.13 Å². The molecule has 0 aliphatic heterocycles. The van der Waals surface area contributed by atoms with Crippen molar-refractivity contribution in [2.45, 2.75) is 13.8 Å². The number of nitrogens with zero attached hydrogens (tertiary/aromatic N) is 2. The summed E-state index contributed by atoms with van der Waals surface area (Å²) in [6, 6.07) is 7.82. The van der Waals surface area contributed by atoms with Gasteiger partial charge in [-0.3, -0.25) is 20.2 Å². The van der Waals surface area contributed by atoms with Crippen LogP contribution in [0.15, 0.2) is 30.3 Å². The molecule has 3 aromatic rings. The average Bonchev–Trinajstić information content (AvgIpc) is 2.95. The van der Waals surface area contributed by atoms with Crippen LogP contribution in [-0.2, 0) is 0 Å². The molecular weight excluding hydrogens is 350 g/mol. The van der Waals surface area contributed by atoms with Gasteiger partial charge in [0.05, 0.1) is 15.1 Å². The summed E-state index contributed by atoms with van der Waals surface area (Å²) in [5, 5.41) is 14.4. The van der Waals surface area contributed by atoms with Crippen molar-refractivity contribution in [3.05, 3.63) is 62.2 Å². The molecule has 6 nitrogen and oxygen atoms in total. The zero-order valence-electron chi connectivity index (χ0n) is 12.8. The monoisotopic (exact) mass is 361 g/mol. The van der Waals surface area contributed by atoms with E-state index in [1.54, 1.807) is 0 Å². The molecule has 0 bridgehead atoms. The van der Waals surface area contributed by atoms with E-state index in [9.17, 15) is 14.9 Å². The zero-order chi connectivity index (χ0) is 17.4. The minimum atomic E-state index is -0.613. The number of amides is 1. The molecule has 2 aromatic carbocycles. The number of nitro benzene ring substituents is 1. The Hall–Kier alpha value is -2.51. The fraction of sp³-hybridized carbons (Fsp3) is 0.125. The molecule has 0 unspecified atom stereocenters. The fourth-order valence-corrected chi connectivity index (χ4v) is 3.50. The topological polar surface area (TPSA) is 85.1 Å². The summed E-state index contributed by atoms with van der Waals surface area (Å²) in [6.45, 7) is 3.91. The molecule has 0 aliphatic carbocycles. The summed E-state index contributed by atoms with van der Waals surface area (Å²) in [5.41, 5.74) is 2.48. The van der Waals surface area contributed by atoms with Crippen LogP contribution in [0.1, 0.15) is 21.5 Å². The molecule has 1 heterocycles. The lowest BCUT2D eigenvalue weighted by Gasteiger charge is -2.03. The highest BCUT2D eigenvalue weighted by molar-refractivity contribution is 7.22. The molecule has 122 valence electrons. The second-order valence-corrected chi connectivity index (χ2v) is 6.70. The summed E-state index contributed by atoms with van der Waals surface area (Å²) in [4.78, 5) is 27.3. The molecule has 24 heavy (non-hydrogen) atoms. The van der Waals surface area contributed by atoms with E-state index >= 15 is 0 Å². The van der Waals surface area contributed by atoms with E-state index < -0.39 is 10.8 Å². The Bertz CT molecular complexity index is 945. The van der Waals surface area contributed by atoms with Crippen LogP contribution in [0.25, 0.3) is 10.2 Å². The minimum Gasteiger partial charge on any atom is -0.298 e. The zero-order valence-corrected chi connectivity index (χ0v) is 14.4. The average molecular weight is 362 g/mol. The normalized spacial score (nSPS) is 10.8. The number of halogens is 1. The van der Waals surface area contributed by atoms with Gasteiger partial charge in [0, 0.05) is 11.1 Å². The Morgan fingerprint density at radius 2 is 1.96 bits per heavy atom. The molecule has 0 atom stereocenters. The van der Waals surface area contributed by atoms with Gasteiger partial charge in [0.25, 0.3) is 11.6 Å². The number of rotatable bonds is 3. The number of anilines is 1. The highest BCUT2D eigenvalue weighted by atomic mass is 35.5. The molecule has 0 saturated carbocycles. The predicted molar refractivity (Wildman–Crippen MR) is 95.2 cm³/mol. The van der Waals surface area contributed by atoms with Crippen molar-refractivity contribution in [2.75, 3.05) is 5.32 Å². The van der Waals surface area contributed by atoms with E-state index in [-0.39, 0.29) is 16.3 Å². The number of hydrogen-bond acceptors (Lipinski definition) is 5. The third-order valence-corrected chi connectivity index (χ3v) is 4.90. The number of thiazole rings is 1. The van der Waals surface area contributed by atoms with E-state index in [1.807, 2.05) is 26.0 Å². The SMILES string of the molecule is Cc1ccc(C)c2sc(NC(=O)c3cc(Cl)ccc3[N+](=O)[O-])nc12. The molecular formula is C16H12ClN3O3S. The molecule has 8 heteroatoms.